The lowest BCUT2D eigenvalue weighted by Crippen LogP contribution is -2.62. The van der Waals surface area contributed by atoms with E-state index in [4.69, 9.17) is 42.6 Å². The summed E-state index contributed by atoms with van der Waals surface area (Å²) in [6.07, 6.45) is -19.2. The zero-order chi connectivity index (χ0) is 46.2. The van der Waals surface area contributed by atoms with E-state index in [2.05, 4.69) is 0 Å². The topological polar surface area (TPSA) is 293 Å². The Labute approximate surface area is 356 Å². The Morgan fingerprint density at radius 3 is 1.94 bits per heavy atom. The van der Waals surface area contributed by atoms with E-state index in [0.717, 1.165) is 7.11 Å². The minimum atomic E-state index is -2.68. The van der Waals surface area contributed by atoms with E-state index >= 15 is 0 Å². The highest BCUT2D eigenvalue weighted by atomic mass is 16.7. The zero-order valence-corrected chi connectivity index (χ0v) is 35.4. The lowest BCUT2D eigenvalue weighted by atomic mass is 9.84. The Bertz CT molecular complexity index is 2070. The van der Waals surface area contributed by atoms with E-state index < -0.39 is 90.8 Å². The standard InChI is InChI=1S/C42H54O20/c1-9-18(10-2)13-21(45)29-30(40(52)59-8)27(19-11-12-23(54-3)24(14-19)55-4)28-20(15-25(56-5)37(57-6)38(28)58-7)36(29)62-42-39(34(50)32(48)26(17-44)60-42)61-41(53)35(51)33(49)31(47)22(46)16-43/h11-12,14-16,18,22,26,31-35,39,42,44,46-51H,9-10,13,17H2,1-8H3/t22-,26-,31+,32-,33-,34+,35+,39-,42+/m1/s1. The third-order valence-electron chi connectivity index (χ3n) is 10.7. The molecular formula is C42H54O20. The lowest BCUT2D eigenvalue weighted by Gasteiger charge is -2.42. The molecule has 1 aliphatic heterocycles. The van der Waals surface area contributed by atoms with Crippen molar-refractivity contribution in [2.75, 3.05) is 49.3 Å². The largest absolute Gasteiger partial charge is 0.493 e. The number of fused-ring (bicyclic) bond motifs is 1. The third-order valence-corrected chi connectivity index (χ3v) is 10.7. The summed E-state index contributed by atoms with van der Waals surface area (Å²) in [5.41, 5.74) is -0.439. The highest BCUT2D eigenvalue weighted by Gasteiger charge is 2.50. The number of rotatable bonds is 21. The number of Topliss-reactive ketones (excluding diaryl/α,β-unsaturated/α-hetero) is 1. The maximum Gasteiger partial charge on any atom is 0.339 e. The predicted octanol–water partition coefficient (Wildman–Crippen LogP) is 0.718. The molecule has 0 aromatic heterocycles. The normalized spacial score (nSPS) is 20.7. The van der Waals surface area contributed by atoms with E-state index in [9.17, 15) is 54.9 Å². The van der Waals surface area contributed by atoms with E-state index in [1.807, 2.05) is 13.8 Å². The molecule has 0 amide bonds. The highest BCUT2D eigenvalue weighted by molar-refractivity contribution is 6.22. The molecular weight excluding hydrogens is 824 g/mol. The Kier molecular flexibility index (Phi) is 17.2. The second kappa shape index (κ2) is 21.7. The van der Waals surface area contributed by atoms with Crippen LogP contribution in [0.15, 0.2) is 24.3 Å². The van der Waals surface area contributed by atoms with Gasteiger partial charge >= 0.3 is 11.9 Å². The number of hydrogen-bond donors (Lipinski definition) is 7. The monoisotopic (exact) mass is 878 g/mol. The lowest BCUT2D eigenvalue weighted by molar-refractivity contribution is -0.284. The molecule has 1 aliphatic rings. The summed E-state index contributed by atoms with van der Waals surface area (Å²) in [6.45, 7) is 2.80. The number of hydrogen-bond acceptors (Lipinski definition) is 20. The molecule has 0 bridgehead atoms. The molecule has 0 unspecified atom stereocenters. The van der Waals surface area contributed by atoms with Crippen molar-refractivity contribution in [1.29, 1.82) is 0 Å². The number of esters is 2. The van der Waals surface area contributed by atoms with Gasteiger partial charge in [-0.1, -0.05) is 32.8 Å². The van der Waals surface area contributed by atoms with Crippen molar-refractivity contribution >= 4 is 34.8 Å². The van der Waals surface area contributed by atoms with E-state index in [1.54, 1.807) is 18.2 Å². The van der Waals surface area contributed by atoms with Gasteiger partial charge in [-0.25, -0.2) is 9.59 Å². The maximum absolute atomic E-state index is 15.0. The van der Waals surface area contributed by atoms with Gasteiger partial charge in [-0.05, 0) is 29.7 Å². The van der Waals surface area contributed by atoms with Gasteiger partial charge in [0.05, 0.1) is 60.4 Å². The molecule has 0 radical (unpaired) electrons. The van der Waals surface area contributed by atoms with Crippen LogP contribution in [0.25, 0.3) is 21.9 Å². The van der Waals surface area contributed by atoms with Crippen LogP contribution >= 0.6 is 0 Å². The Morgan fingerprint density at radius 2 is 1.40 bits per heavy atom. The fourth-order valence-corrected chi connectivity index (χ4v) is 7.20. The molecule has 1 heterocycles. The van der Waals surface area contributed by atoms with Crippen LogP contribution in [0.3, 0.4) is 0 Å². The van der Waals surface area contributed by atoms with Gasteiger partial charge in [0, 0.05) is 22.8 Å². The van der Waals surface area contributed by atoms with Crippen LogP contribution in [0.5, 0.6) is 34.5 Å². The van der Waals surface area contributed by atoms with Gasteiger partial charge in [-0.2, -0.15) is 0 Å². The van der Waals surface area contributed by atoms with Crippen LogP contribution in [-0.4, -0.2) is 164 Å². The molecule has 62 heavy (non-hydrogen) atoms. The molecule has 9 atom stereocenters. The second-order valence-electron chi connectivity index (χ2n) is 14.2. The third kappa shape index (κ3) is 9.67. The molecule has 0 spiro atoms. The van der Waals surface area contributed by atoms with Gasteiger partial charge in [0.1, 0.15) is 42.4 Å². The summed E-state index contributed by atoms with van der Waals surface area (Å²) in [7, 11) is 7.84. The minimum Gasteiger partial charge on any atom is -0.493 e. The molecule has 7 N–H and O–H groups in total. The number of carbonyl (C=O) groups excluding carboxylic acids is 4. The van der Waals surface area contributed by atoms with Gasteiger partial charge < -0.3 is 83.2 Å². The fraction of sp³-hybridized carbons (Fsp3) is 0.524. The number of methoxy groups -OCH3 is 6. The van der Waals surface area contributed by atoms with Gasteiger partial charge in [0.15, 0.2) is 47.3 Å². The summed E-state index contributed by atoms with van der Waals surface area (Å²) in [4.78, 5) is 53.7. The molecule has 1 fully saturated rings. The number of carbonyl (C=O) groups is 4. The number of ketones is 1. The first kappa shape index (κ1) is 49.3. The average Bonchev–Trinajstić information content (AvgIpc) is 3.29. The molecule has 1 saturated heterocycles. The molecule has 0 aliphatic carbocycles. The van der Waals surface area contributed by atoms with Crippen LogP contribution in [0, 0.1) is 5.92 Å². The Hall–Kier alpha value is -5.32. The van der Waals surface area contributed by atoms with E-state index in [1.165, 1.54) is 41.6 Å². The van der Waals surface area contributed by atoms with Crippen molar-refractivity contribution in [3.63, 3.8) is 0 Å². The van der Waals surface area contributed by atoms with Crippen molar-refractivity contribution < 1.29 is 97.6 Å². The predicted molar refractivity (Wildman–Crippen MR) is 215 cm³/mol. The number of aliphatic hydroxyl groups is 7. The van der Waals surface area contributed by atoms with Crippen LogP contribution in [0.2, 0.25) is 0 Å². The van der Waals surface area contributed by atoms with Crippen molar-refractivity contribution in [3.05, 3.63) is 35.4 Å². The van der Waals surface area contributed by atoms with Gasteiger partial charge in [-0.15, -0.1) is 0 Å². The van der Waals surface area contributed by atoms with Gasteiger partial charge in [-0.3, -0.25) is 4.79 Å². The van der Waals surface area contributed by atoms with Crippen molar-refractivity contribution in [3.8, 4) is 45.6 Å². The zero-order valence-electron chi connectivity index (χ0n) is 35.4. The highest BCUT2D eigenvalue weighted by Crippen LogP contribution is 2.53. The van der Waals surface area contributed by atoms with Gasteiger partial charge in [0.2, 0.25) is 12.0 Å². The molecule has 4 rings (SSSR count). The average molecular weight is 879 g/mol. The maximum atomic E-state index is 15.0. The van der Waals surface area contributed by atoms with E-state index in [0.29, 0.717) is 18.6 Å². The molecule has 20 heteroatoms. The van der Waals surface area contributed by atoms with Crippen LogP contribution in [-0.2, 0) is 23.8 Å². The minimum absolute atomic E-state index is 0.0218. The number of aliphatic hydroxyl groups excluding tert-OH is 7. The quantitative estimate of drug-likeness (QED) is 0.0441. The summed E-state index contributed by atoms with van der Waals surface area (Å²) in [5.74, 6) is -3.62. The smallest absolute Gasteiger partial charge is 0.339 e. The first-order valence-corrected chi connectivity index (χ1v) is 19.4. The Morgan fingerprint density at radius 1 is 0.774 bits per heavy atom. The van der Waals surface area contributed by atoms with Crippen molar-refractivity contribution in [2.45, 2.75) is 88.2 Å². The molecule has 342 valence electrons. The number of benzene rings is 3. The summed E-state index contributed by atoms with van der Waals surface area (Å²) in [6, 6.07) is 6.08. The van der Waals surface area contributed by atoms with Crippen molar-refractivity contribution in [2.24, 2.45) is 5.92 Å². The van der Waals surface area contributed by atoms with Crippen molar-refractivity contribution in [1.82, 2.24) is 0 Å². The fourth-order valence-electron chi connectivity index (χ4n) is 7.20. The van der Waals surface area contributed by atoms with Gasteiger partial charge in [0.25, 0.3) is 0 Å². The second-order valence-corrected chi connectivity index (χ2v) is 14.2. The first-order valence-electron chi connectivity index (χ1n) is 19.4. The van der Waals surface area contributed by atoms with Crippen LogP contribution < -0.4 is 28.4 Å². The van der Waals surface area contributed by atoms with Crippen LogP contribution in [0.4, 0.5) is 0 Å². The molecule has 3 aromatic rings. The number of aldehydes is 1. The summed E-state index contributed by atoms with van der Waals surface area (Å²) < 4.78 is 51.4. The number of ether oxygens (including phenoxy) is 9. The molecule has 3 aromatic carbocycles. The van der Waals surface area contributed by atoms with Crippen LogP contribution in [0.1, 0.15) is 53.8 Å². The molecule has 0 saturated carbocycles. The molecule has 20 nitrogen and oxygen atoms in total. The first-order chi connectivity index (χ1) is 29.6. The summed E-state index contributed by atoms with van der Waals surface area (Å²) in [5, 5.41) is 73.3. The SMILES string of the molecule is CCC(CC)CC(=O)c1c(C(=O)OC)c(-c2ccc(OC)c(OC)c2)c2c(OC)c(OC)c(OC)cc2c1O[C@@H]1O[C@H](CO)[C@@H](O)[C@H](O)[C@H]1OC(=O)[C@@H](O)[C@H](O)[C@@H](O)[C@H](O)C=O. The Balaban J connectivity index is 2.19. The van der Waals surface area contributed by atoms with E-state index in [-0.39, 0.29) is 69.1 Å². The summed E-state index contributed by atoms with van der Waals surface area (Å²) >= 11 is 0.